The molecule has 0 aliphatic carbocycles. The summed E-state index contributed by atoms with van der Waals surface area (Å²) in [6, 6.07) is 7.03. The second-order valence-electron chi connectivity index (χ2n) is 5.32. The van der Waals surface area contributed by atoms with Crippen molar-refractivity contribution in [1.82, 2.24) is 10.3 Å². The van der Waals surface area contributed by atoms with E-state index in [9.17, 15) is 9.59 Å². The molecule has 128 valence electrons. The second-order valence-corrected chi connectivity index (χ2v) is 6.38. The summed E-state index contributed by atoms with van der Waals surface area (Å²) in [5.41, 5.74) is 1.90. The van der Waals surface area contributed by atoms with E-state index in [1.54, 1.807) is 29.5 Å². The molecule has 0 fully saturated rings. The maximum atomic E-state index is 11.9. The van der Waals surface area contributed by atoms with Gasteiger partial charge in [0.25, 0.3) is 0 Å². The van der Waals surface area contributed by atoms with E-state index in [0.29, 0.717) is 18.7 Å². The molecule has 1 aromatic heterocycles. The van der Waals surface area contributed by atoms with Gasteiger partial charge in [0.1, 0.15) is 5.75 Å². The number of rotatable bonds is 9. The molecule has 0 aliphatic heterocycles. The highest BCUT2D eigenvalue weighted by atomic mass is 32.1. The van der Waals surface area contributed by atoms with Crippen LogP contribution in [-0.2, 0) is 22.6 Å². The fraction of sp³-hybridized carbons (Fsp3) is 0.353. The second kappa shape index (κ2) is 9.02. The molecule has 6 nitrogen and oxygen atoms in total. The van der Waals surface area contributed by atoms with Crippen LogP contribution in [0.15, 0.2) is 29.6 Å². The van der Waals surface area contributed by atoms with Gasteiger partial charge in [0.15, 0.2) is 6.61 Å². The topological polar surface area (TPSA) is 88.5 Å². The van der Waals surface area contributed by atoms with Crippen LogP contribution in [0.2, 0.25) is 0 Å². The van der Waals surface area contributed by atoms with E-state index >= 15 is 0 Å². The molecule has 24 heavy (non-hydrogen) atoms. The molecule has 1 amide bonds. The number of carbonyl (C=O) groups is 2. The van der Waals surface area contributed by atoms with Gasteiger partial charge in [-0.15, -0.1) is 11.3 Å². The van der Waals surface area contributed by atoms with Crippen molar-refractivity contribution in [3.63, 3.8) is 0 Å². The van der Waals surface area contributed by atoms with Crippen molar-refractivity contribution in [2.75, 3.05) is 6.61 Å². The van der Waals surface area contributed by atoms with Crippen LogP contribution in [0.5, 0.6) is 5.75 Å². The highest BCUT2D eigenvalue weighted by Gasteiger charge is 2.05. The van der Waals surface area contributed by atoms with Gasteiger partial charge in [-0.2, -0.15) is 0 Å². The molecule has 0 atom stereocenters. The number of aryl methyl sites for hydroxylation is 2. The summed E-state index contributed by atoms with van der Waals surface area (Å²) in [5.74, 6) is -0.564. The number of aromatic nitrogens is 1. The third-order valence-electron chi connectivity index (χ3n) is 3.25. The number of carboxylic acids is 1. The predicted octanol–water partition coefficient (Wildman–Crippen LogP) is 2.55. The van der Waals surface area contributed by atoms with Gasteiger partial charge >= 0.3 is 5.97 Å². The Hall–Kier alpha value is -2.41. The average molecular weight is 348 g/mol. The molecule has 2 N–H and O–H groups in total. The van der Waals surface area contributed by atoms with Gasteiger partial charge in [-0.25, -0.2) is 9.78 Å². The van der Waals surface area contributed by atoms with Crippen LogP contribution < -0.4 is 10.1 Å². The third-order valence-corrected chi connectivity index (χ3v) is 4.08. The van der Waals surface area contributed by atoms with E-state index in [4.69, 9.17) is 9.84 Å². The summed E-state index contributed by atoms with van der Waals surface area (Å²) in [7, 11) is 0. The Morgan fingerprint density at radius 2 is 2.21 bits per heavy atom. The molecule has 1 heterocycles. The van der Waals surface area contributed by atoms with Crippen LogP contribution in [0.4, 0.5) is 0 Å². The number of nitrogens with one attached hydrogen (secondary N) is 1. The lowest BCUT2D eigenvalue weighted by Crippen LogP contribution is -2.22. The van der Waals surface area contributed by atoms with Crippen molar-refractivity contribution in [1.29, 1.82) is 0 Å². The van der Waals surface area contributed by atoms with Gasteiger partial charge in [0.05, 0.1) is 10.7 Å². The number of hydrogen-bond acceptors (Lipinski definition) is 5. The van der Waals surface area contributed by atoms with Crippen LogP contribution in [0.3, 0.4) is 0 Å². The van der Waals surface area contributed by atoms with Gasteiger partial charge < -0.3 is 15.2 Å². The van der Waals surface area contributed by atoms with Crippen molar-refractivity contribution >= 4 is 23.2 Å². The van der Waals surface area contributed by atoms with Crippen LogP contribution >= 0.6 is 11.3 Å². The Labute approximate surface area is 144 Å². The number of hydrogen-bond donors (Lipinski definition) is 2. The minimum absolute atomic E-state index is 0.0150. The van der Waals surface area contributed by atoms with Crippen molar-refractivity contribution in [3.05, 3.63) is 45.9 Å². The standard InChI is InChI=1S/C17H20N2O4S/c1-12-19-14(11-24-12)5-3-7-16(20)18-9-13-4-2-6-15(8-13)23-10-17(21)22/h2,4,6,8,11H,3,5,7,9-10H2,1H3,(H,18,20)(H,21,22). The lowest BCUT2D eigenvalue weighted by Gasteiger charge is -2.08. The average Bonchev–Trinajstić information content (AvgIpc) is 2.97. The van der Waals surface area contributed by atoms with Gasteiger partial charge in [-0.3, -0.25) is 4.79 Å². The van der Waals surface area contributed by atoms with Crippen LogP contribution in [0, 0.1) is 6.92 Å². The first-order valence-corrected chi connectivity index (χ1v) is 8.52. The van der Waals surface area contributed by atoms with E-state index in [1.807, 2.05) is 18.4 Å². The number of carboxylic acid groups (broad SMARTS) is 1. The molecule has 0 spiro atoms. The lowest BCUT2D eigenvalue weighted by molar-refractivity contribution is -0.139. The molecule has 2 aromatic rings. The molecular weight excluding hydrogens is 328 g/mol. The van der Waals surface area contributed by atoms with Gasteiger partial charge in [-0.05, 0) is 37.5 Å². The molecule has 0 saturated heterocycles. The SMILES string of the molecule is Cc1nc(CCCC(=O)NCc2cccc(OCC(=O)O)c2)cs1. The zero-order valence-corrected chi connectivity index (χ0v) is 14.3. The molecule has 0 unspecified atom stereocenters. The Morgan fingerprint density at radius 3 is 2.92 bits per heavy atom. The molecule has 0 aliphatic rings. The van der Waals surface area contributed by atoms with E-state index < -0.39 is 5.97 Å². The van der Waals surface area contributed by atoms with Gasteiger partial charge in [0, 0.05) is 18.3 Å². The minimum Gasteiger partial charge on any atom is -0.482 e. The summed E-state index contributed by atoms with van der Waals surface area (Å²) in [5, 5.41) is 14.5. The molecule has 0 saturated carbocycles. The summed E-state index contributed by atoms with van der Waals surface area (Å²) >= 11 is 1.62. The van der Waals surface area contributed by atoms with Crippen LogP contribution in [-0.4, -0.2) is 28.6 Å². The van der Waals surface area contributed by atoms with E-state index in [2.05, 4.69) is 10.3 Å². The Morgan fingerprint density at radius 1 is 1.38 bits per heavy atom. The highest BCUT2D eigenvalue weighted by Crippen LogP contribution is 2.13. The van der Waals surface area contributed by atoms with Crippen LogP contribution in [0.25, 0.3) is 0 Å². The molecular formula is C17H20N2O4S. The van der Waals surface area contributed by atoms with Crippen molar-refractivity contribution in [2.45, 2.75) is 32.7 Å². The van der Waals surface area contributed by atoms with Crippen LogP contribution in [0.1, 0.15) is 29.1 Å². The normalized spacial score (nSPS) is 10.4. The maximum absolute atomic E-state index is 11.9. The first-order valence-electron chi connectivity index (χ1n) is 7.64. The minimum atomic E-state index is -1.02. The fourth-order valence-electron chi connectivity index (χ4n) is 2.13. The third kappa shape index (κ3) is 6.37. The molecule has 0 bridgehead atoms. The Balaban J connectivity index is 1.71. The van der Waals surface area contributed by atoms with Gasteiger partial charge in [0.2, 0.25) is 5.91 Å². The Bertz CT molecular complexity index is 699. The first-order chi connectivity index (χ1) is 11.5. The number of ether oxygens (including phenoxy) is 1. The summed E-state index contributed by atoms with van der Waals surface area (Å²) < 4.78 is 5.11. The zero-order valence-electron chi connectivity index (χ0n) is 13.4. The highest BCUT2D eigenvalue weighted by molar-refractivity contribution is 7.09. The number of thiazole rings is 1. The van der Waals surface area contributed by atoms with E-state index in [-0.39, 0.29) is 12.5 Å². The quantitative estimate of drug-likeness (QED) is 0.727. The van der Waals surface area contributed by atoms with Crippen molar-refractivity contribution in [2.24, 2.45) is 0 Å². The maximum Gasteiger partial charge on any atom is 0.341 e. The lowest BCUT2D eigenvalue weighted by atomic mass is 10.2. The first kappa shape index (κ1) is 17.9. The molecule has 7 heteroatoms. The number of nitrogens with zero attached hydrogens (tertiary/aromatic N) is 1. The van der Waals surface area contributed by atoms with Gasteiger partial charge in [-0.1, -0.05) is 12.1 Å². The zero-order chi connectivity index (χ0) is 17.4. The predicted molar refractivity (Wildman–Crippen MR) is 91.2 cm³/mol. The number of carbonyl (C=O) groups excluding carboxylic acids is 1. The van der Waals surface area contributed by atoms with E-state index in [0.717, 1.165) is 29.1 Å². The Kier molecular flexibility index (Phi) is 6.74. The monoisotopic (exact) mass is 348 g/mol. The summed E-state index contributed by atoms with van der Waals surface area (Å²) in [6.07, 6.45) is 2.01. The smallest absolute Gasteiger partial charge is 0.341 e. The molecule has 0 radical (unpaired) electrons. The fourth-order valence-corrected chi connectivity index (χ4v) is 2.78. The van der Waals surface area contributed by atoms with Crippen molar-refractivity contribution < 1.29 is 19.4 Å². The summed E-state index contributed by atoms with van der Waals surface area (Å²) in [6.45, 7) is 1.97. The summed E-state index contributed by atoms with van der Waals surface area (Å²) in [4.78, 5) is 26.7. The largest absolute Gasteiger partial charge is 0.482 e. The molecule has 1 aromatic carbocycles. The number of aliphatic carboxylic acids is 1. The number of amides is 1. The van der Waals surface area contributed by atoms with E-state index in [1.165, 1.54) is 0 Å². The van der Waals surface area contributed by atoms with Crippen molar-refractivity contribution in [3.8, 4) is 5.75 Å². The number of benzene rings is 1. The molecule has 2 rings (SSSR count).